The molecule has 0 radical (unpaired) electrons. The molecule has 0 aliphatic heterocycles. The lowest BCUT2D eigenvalue weighted by atomic mass is 10.1. The van der Waals surface area contributed by atoms with Gasteiger partial charge in [0.05, 0.1) is 11.1 Å². The van der Waals surface area contributed by atoms with Gasteiger partial charge in [-0.15, -0.1) is 0 Å². The summed E-state index contributed by atoms with van der Waals surface area (Å²) in [5, 5.41) is 10.9. The van der Waals surface area contributed by atoms with Crippen LogP contribution in [0, 0.1) is 0 Å². The fraction of sp³-hybridized carbons (Fsp3) is 0.273. The largest absolute Gasteiger partial charge is 0.478 e. The van der Waals surface area contributed by atoms with E-state index >= 15 is 0 Å². The molecule has 0 saturated heterocycles. The van der Waals surface area contributed by atoms with E-state index < -0.39 is 29.2 Å². The third-order valence-electron chi connectivity index (χ3n) is 2.11. The van der Waals surface area contributed by atoms with Crippen molar-refractivity contribution in [1.82, 2.24) is 0 Å². The van der Waals surface area contributed by atoms with E-state index in [2.05, 4.69) is 5.32 Å². The Labute approximate surface area is 100 Å². The topological polar surface area (TPSA) is 66.4 Å². The number of carbonyl (C=O) groups excluding carboxylic acids is 1. The maximum absolute atomic E-state index is 12.5. The Morgan fingerprint density at radius 1 is 1.28 bits per heavy atom. The molecule has 0 aliphatic rings. The van der Waals surface area contributed by atoms with Crippen LogP contribution in [-0.4, -0.2) is 17.0 Å². The van der Waals surface area contributed by atoms with E-state index in [1.807, 2.05) is 0 Å². The molecule has 0 aliphatic carbocycles. The molecule has 0 unspecified atom stereocenters. The molecule has 1 rings (SSSR count). The van der Waals surface area contributed by atoms with Gasteiger partial charge in [0.2, 0.25) is 5.91 Å². The number of carboxylic acid groups (broad SMARTS) is 1. The lowest BCUT2D eigenvalue weighted by Crippen LogP contribution is -2.13. The fourth-order valence-electron chi connectivity index (χ4n) is 1.24. The van der Waals surface area contributed by atoms with Gasteiger partial charge in [0.15, 0.2) is 0 Å². The van der Waals surface area contributed by atoms with Crippen molar-refractivity contribution in [2.45, 2.75) is 19.5 Å². The van der Waals surface area contributed by atoms with Crippen LogP contribution in [-0.2, 0) is 11.0 Å². The quantitative estimate of drug-likeness (QED) is 0.879. The highest BCUT2D eigenvalue weighted by Crippen LogP contribution is 2.32. The normalized spacial score (nSPS) is 11.1. The number of anilines is 1. The molecule has 2 N–H and O–H groups in total. The highest BCUT2D eigenvalue weighted by Gasteiger charge is 2.32. The van der Waals surface area contributed by atoms with E-state index in [1.54, 1.807) is 0 Å². The molecule has 0 bridgehead atoms. The molecule has 18 heavy (non-hydrogen) atoms. The zero-order chi connectivity index (χ0) is 13.9. The number of hydrogen-bond acceptors (Lipinski definition) is 2. The summed E-state index contributed by atoms with van der Waals surface area (Å²) in [6.45, 7) is 1.53. The predicted molar refractivity (Wildman–Crippen MR) is 57.3 cm³/mol. The lowest BCUT2D eigenvalue weighted by Gasteiger charge is -2.11. The van der Waals surface area contributed by atoms with E-state index in [4.69, 9.17) is 5.11 Å². The van der Waals surface area contributed by atoms with Crippen LogP contribution in [0.4, 0.5) is 18.9 Å². The summed E-state index contributed by atoms with van der Waals surface area (Å²) >= 11 is 0. The molecular formula is C11H10F3NO3. The number of alkyl halides is 3. The lowest BCUT2D eigenvalue weighted by molar-refractivity contribution is -0.137. The van der Waals surface area contributed by atoms with Crippen LogP contribution in [0.15, 0.2) is 18.2 Å². The van der Waals surface area contributed by atoms with Gasteiger partial charge in [-0.05, 0) is 18.2 Å². The van der Waals surface area contributed by atoms with E-state index in [1.165, 1.54) is 6.92 Å². The number of carboxylic acids is 1. The SMILES string of the molecule is CCC(=O)Nc1cc(C(=O)O)cc(C(F)(F)F)c1. The van der Waals surface area contributed by atoms with E-state index in [-0.39, 0.29) is 12.1 Å². The summed E-state index contributed by atoms with van der Waals surface area (Å²) in [6.07, 6.45) is -4.59. The highest BCUT2D eigenvalue weighted by molar-refractivity contribution is 5.94. The van der Waals surface area contributed by atoms with Crippen molar-refractivity contribution < 1.29 is 27.9 Å². The summed E-state index contributed by atoms with van der Waals surface area (Å²) < 4.78 is 37.6. The van der Waals surface area contributed by atoms with Gasteiger partial charge < -0.3 is 10.4 Å². The summed E-state index contributed by atoms with van der Waals surface area (Å²) in [6, 6.07) is 2.19. The van der Waals surface area contributed by atoms with Crippen LogP contribution in [0.25, 0.3) is 0 Å². The number of aromatic carboxylic acids is 1. The molecule has 0 heterocycles. The second-order valence-corrected chi connectivity index (χ2v) is 3.50. The van der Waals surface area contributed by atoms with Crippen molar-refractivity contribution in [3.63, 3.8) is 0 Å². The molecular weight excluding hydrogens is 251 g/mol. The second-order valence-electron chi connectivity index (χ2n) is 3.50. The van der Waals surface area contributed by atoms with Gasteiger partial charge in [-0.2, -0.15) is 13.2 Å². The van der Waals surface area contributed by atoms with Crippen LogP contribution in [0.1, 0.15) is 29.3 Å². The number of halogens is 3. The number of nitrogens with one attached hydrogen (secondary N) is 1. The van der Waals surface area contributed by atoms with Crippen molar-refractivity contribution in [1.29, 1.82) is 0 Å². The maximum atomic E-state index is 12.5. The number of carbonyl (C=O) groups is 2. The van der Waals surface area contributed by atoms with Gasteiger partial charge in [-0.1, -0.05) is 6.92 Å². The molecule has 0 saturated carbocycles. The molecule has 4 nitrogen and oxygen atoms in total. The molecule has 1 aromatic carbocycles. The first-order chi connectivity index (χ1) is 8.24. The van der Waals surface area contributed by atoms with Gasteiger partial charge in [-0.25, -0.2) is 4.79 Å². The summed E-state index contributed by atoms with van der Waals surface area (Å²) in [4.78, 5) is 21.8. The Hall–Kier alpha value is -2.05. The summed E-state index contributed by atoms with van der Waals surface area (Å²) in [7, 11) is 0. The fourth-order valence-corrected chi connectivity index (χ4v) is 1.24. The molecule has 0 fully saturated rings. The second kappa shape index (κ2) is 5.07. The highest BCUT2D eigenvalue weighted by atomic mass is 19.4. The van der Waals surface area contributed by atoms with Crippen LogP contribution in [0.5, 0.6) is 0 Å². The molecule has 7 heteroatoms. The smallest absolute Gasteiger partial charge is 0.416 e. The first-order valence-electron chi connectivity index (χ1n) is 4.99. The summed E-state index contributed by atoms with van der Waals surface area (Å²) in [5.74, 6) is -1.99. The predicted octanol–water partition coefficient (Wildman–Crippen LogP) is 2.75. The zero-order valence-corrected chi connectivity index (χ0v) is 9.34. The molecule has 0 atom stereocenters. The van der Waals surface area contributed by atoms with Crippen molar-refractivity contribution >= 4 is 17.6 Å². The Bertz CT molecular complexity index is 483. The first-order valence-corrected chi connectivity index (χ1v) is 4.99. The Morgan fingerprint density at radius 2 is 1.89 bits per heavy atom. The first kappa shape index (κ1) is 14.0. The third-order valence-corrected chi connectivity index (χ3v) is 2.11. The Balaban J connectivity index is 3.22. The Morgan fingerprint density at radius 3 is 2.33 bits per heavy atom. The van der Waals surface area contributed by atoms with E-state index in [9.17, 15) is 22.8 Å². The minimum atomic E-state index is -4.67. The zero-order valence-electron chi connectivity index (χ0n) is 9.34. The van der Waals surface area contributed by atoms with Gasteiger partial charge in [-0.3, -0.25) is 4.79 Å². The molecule has 0 spiro atoms. The number of amides is 1. The van der Waals surface area contributed by atoms with Crippen molar-refractivity contribution in [2.75, 3.05) is 5.32 Å². The molecule has 0 aromatic heterocycles. The van der Waals surface area contributed by atoms with Gasteiger partial charge in [0.1, 0.15) is 0 Å². The van der Waals surface area contributed by atoms with Crippen LogP contribution >= 0.6 is 0 Å². The minimum absolute atomic E-state index is 0.0820. The number of rotatable bonds is 3. The molecule has 98 valence electrons. The molecule has 1 aromatic rings. The van der Waals surface area contributed by atoms with Gasteiger partial charge in [0.25, 0.3) is 0 Å². The van der Waals surface area contributed by atoms with Crippen molar-refractivity contribution in [3.05, 3.63) is 29.3 Å². The monoisotopic (exact) mass is 261 g/mol. The number of hydrogen-bond donors (Lipinski definition) is 2. The van der Waals surface area contributed by atoms with Gasteiger partial charge >= 0.3 is 12.1 Å². The van der Waals surface area contributed by atoms with Crippen molar-refractivity contribution in [3.8, 4) is 0 Å². The maximum Gasteiger partial charge on any atom is 0.416 e. The third kappa shape index (κ3) is 3.47. The molecule has 1 amide bonds. The van der Waals surface area contributed by atoms with Crippen LogP contribution < -0.4 is 5.32 Å². The van der Waals surface area contributed by atoms with Crippen LogP contribution in [0.3, 0.4) is 0 Å². The van der Waals surface area contributed by atoms with Gasteiger partial charge in [0, 0.05) is 12.1 Å². The average molecular weight is 261 g/mol. The van der Waals surface area contributed by atoms with E-state index in [0.29, 0.717) is 12.1 Å². The number of benzene rings is 1. The van der Waals surface area contributed by atoms with E-state index in [0.717, 1.165) is 6.07 Å². The average Bonchev–Trinajstić information content (AvgIpc) is 2.27. The summed E-state index contributed by atoms with van der Waals surface area (Å²) in [5.41, 5.74) is -1.83. The Kier molecular flexibility index (Phi) is 3.95. The van der Waals surface area contributed by atoms with Crippen molar-refractivity contribution in [2.24, 2.45) is 0 Å². The minimum Gasteiger partial charge on any atom is -0.478 e. The standard InChI is InChI=1S/C11H10F3NO3/c1-2-9(16)15-8-4-6(10(17)18)3-7(5-8)11(12,13)14/h3-5H,2H2,1H3,(H,15,16)(H,17,18). The van der Waals surface area contributed by atoms with Crippen LogP contribution in [0.2, 0.25) is 0 Å².